The molecule has 6 heteroatoms. The molecule has 2 aromatic heterocycles. The normalized spacial score (nSPS) is 22.9. The Kier molecular flexibility index (Phi) is 4.10. The largest absolute Gasteiger partial charge is 0.474 e. The average molecular weight is 357 g/mol. The molecule has 0 aliphatic heterocycles. The molecule has 0 bridgehead atoms. The number of hydrogen-bond donors (Lipinski definition) is 1. The zero-order valence-corrected chi connectivity index (χ0v) is 13.2. The first-order valence-electron chi connectivity index (χ1n) is 6.66. The van der Waals surface area contributed by atoms with E-state index >= 15 is 0 Å². The Morgan fingerprint density at radius 1 is 1.25 bits per heavy atom. The van der Waals surface area contributed by atoms with Gasteiger partial charge in [0.15, 0.2) is 0 Å². The summed E-state index contributed by atoms with van der Waals surface area (Å²) in [6, 6.07) is 4.00. The lowest BCUT2D eigenvalue weighted by Gasteiger charge is -2.26. The molecule has 3 rings (SSSR count). The summed E-state index contributed by atoms with van der Waals surface area (Å²) in [5.74, 6) is 0.557. The number of ether oxygens (including phenoxy) is 1. The van der Waals surface area contributed by atoms with E-state index in [1.54, 1.807) is 12.3 Å². The molecule has 1 aliphatic carbocycles. The lowest BCUT2D eigenvalue weighted by molar-refractivity contribution is 0.143. The lowest BCUT2D eigenvalue weighted by atomic mass is 9.94. The van der Waals surface area contributed by atoms with Crippen LogP contribution in [0.2, 0.25) is 5.15 Å². The summed E-state index contributed by atoms with van der Waals surface area (Å²) in [6.45, 7) is 0. The van der Waals surface area contributed by atoms with Gasteiger partial charge in [0.05, 0.1) is 10.9 Å². The van der Waals surface area contributed by atoms with Crippen LogP contribution in [0.1, 0.15) is 25.7 Å². The molecular weight excluding hydrogens is 342 g/mol. The minimum Gasteiger partial charge on any atom is -0.474 e. The number of hydrogen-bond acceptors (Lipinski definition) is 4. The molecule has 106 valence electrons. The van der Waals surface area contributed by atoms with Crippen molar-refractivity contribution in [1.82, 2.24) is 9.97 Å². The van der Waals surface area contributed by atoms with Gasteiger partial charge in [-0.1, -0.05) is 11.6 Å². The van der Waals surface area contributed by atoms with Crippen molar-refractivity contribution < 1.29 is 4.74 Å². The van der Waals surface area contributed by atoms with Crippen molar-refractivity contribution in [1.29, 1.82) is 0 Å². The lowest BCUT2D eigenvalue weighted by Crippen LogP contribution is -2.31. The van der Waals surface area contributed by atoms with E-state index in [2.05, 4.69) is 25.9 Å². The molecule has 0 amide bonds. The molecule has 20 heavy (non-hydrogen) atoms. The molecule has 0 saturated heterocycles. The summed E-state index contributed by atoms with van der Waals surface area (Å²) in [5, 5.41) is 1.27. The van der Waals surface area contributed by atoms with Gasteiger partial charge in [0.2, 0.25) is 5.88 Å². The number of fused-ring (bicyclic) bond motifs is 1. The number of nitrogens with zero attached hydrogens (tertiary/aromatic N) is 2. The molecule has 0 aromatic carbocycles. The van der Waals surface area contributed by atoms with Crippen molar-refractivity contribution >= 4 is 38.4 Å². The number of rotatable bonds is 2. The van der Waals surface area contributed by atoms with Gasteiger partial charge in [-0.2, -0.15) is 0 Å². The van der Waals surface area contributed by atoms with Gasteiger partial charge in [0, 0.05) is 22.8 Å². The topological polar surface area (TPSA) is 61.0 Å². The second kappa shape index (κ2) is 5.84. The predicted molar refractivity (Wildman–Crippen MR) is 83.1 cm³/mol. The van der Waals surface area contributed by atoms with Crippen LogP contribution in [0.5, 0.6) is 5.88 Å². The van der Waals surface area contributed by atoms with E-state index in [-0.39, 0.29) is 6.10 Å². The van der Waals surface area contributed by atoms with Crippen molar-refractivity contribution in [2.24, 2.45) is 5.73 Å². The van der Waals surface area contributed by atoms with Crippen LogP contribution in [-0.4, -0.2) is 22.1 Å². The van der Waals surface area contributed by atoms with E-state index in [1.165, 1.54) is 0 Å². The van der Waals surface area contributed by atoms with Crippen LogP contribution in [0, 0.1) is 0 Å². The molecule has 0 atom stereocenters. The van der Waals surface area contributed by atoms with E-state index in [1.807, 2.05) is 6.07 Å². The minimum absolute atomic E-state index is 0.156. The fourth-order valence-electron chi connectivity index (χ4n) is 2.49. The first-order valence-corrected chi connectivity index (χ1v) is 7.83. The van der Waals surface area contributed by atoms with Crippen LogP contribution in [0.15, 0.2) is 22.8 Å². The Morgan fingerprint density at radius 2 is 2.00 bits per heavy atom. The van der Waals surface area contributed by atoms with Crippen LogP contribution >= 0.6 is 27.5 Å². The summed E-state index contributed by atoms with van der Waals surface area (Å²) in [6.07, 6.45) is 5.79. The third-order valence-corrected chi connectivity index (χ3v) is 4.20. The molecule has 0 spiro atoms. The van der Waals surface area contributed by atoms with Crippen molar-refractivity contribution in [2.45, 2.75) is 37.8 Å². The summed E-state index contributed by atoms with van der Waals surface area (Å²) >= 11 is 9.46. The standard InChI is InChI=1S/C14H15BrClN3O/c15-8-5-11-12(18-7-8)6-13(16)19-14(11)20-10-3-1-9(17)2-4-10/h5-7,9-10H,1-4,17H2/t9-,10+. The van der Waals surface area contributed by atoms with Gasteiger partial charge >= 0.3 is 0 Å². The maximum Gasteiger partial charge on any atom is 0.224 e. The van der Waals surface area contributed by atoms with Gasteiger partial charge in [0.25, 0.3) is 0 Å². The molecule has 4 nitrogen and oxygen atoms in total. The van der Waals surface area contributed by atoms with E-state index in [0.717, 1.165) is 41.1 Å². The Labute approximate surface area is 130 Å². The number of halogens is 2. The fraction of sp³-hybridized carbons (Fsp3) is 0.429. The van der Waals surface area contributed by atoms with Gasteiger partial charge in [-0.05, 0) is 47.7 Å². The zero-order valence-electron chi connectivity index (χ0n) is 10.9. The molecule has 1 fully saturated rings. The maximum absolute atomic E-state index is 6.04. The predicted octanol–water partition coefficient (Wildman–Crippen LogP) is 3.69. The molecule has 0 radical (unpaired) electrons. The second-order valence-electron chi connectivity index (χ2n) is 5.12. The monoisotopic (exact) mass is 355 g/mol. The molecular formula is C14H15BrClN3O. The van der Waals surface area contributed by atoms with Crippen molar-refractivity contribution in [2.75, 3.05) is 0 Å². The highest BCUT2D eigenvalue weighted by Gasteiger charge is 2.21. The maximum atomic E-state index is 6.04. The second-order valence-corrected chi connectivity index (χ2v) is 6.43. The van der Waals surface area contributed by atoms with Crippen molar-refractivity contribution in [3.8, 4) is 5.88 Å². The van der Waals surface area contributed by atoms with Crippen LogP contribution in [0.25, 0.3) is 10.9 Å². The molecule has 2 N–H and O–H groups in total. The van der Waals surface area contributed by atoms with E-state index in [0.29, 0.717) is 17.1 Å². The summed E-state index contributed by atoms with van der Waals surface area (Å²) in [7, 11) is 0. The summed E-state index contributed by atoms with van der Waals surface area (Å²) in [4.78, 5) is 8.64. The average Bonchev–Trinajstić information content (AvgIpc) is 2.42. The quantitative estimate of drug-likeness (QED) is 0.834. The third kappa shape index (κ3) is 3.05. The van der Waals surface area contributed by atoms with Gasteiger partial charge in [-0.3, -0.25) is 4.98 Å². The Balaban J connectivity index is 1.92. The Morgan fingerprint density at radius 3 is 2.75 bits per heavy atom. The van der Waals surface area contributed by atoms with Gasteiger partial charge < -0.3 is 10.5 Å². The molecule has 2 heterocycles. The third-order valence-electron chi connectivity index (χ3n) is 3.58. The summed E-state index contributed by atoms with van der Waals surface area (Å²) < 4.78 is 6.93. The first-order chi connectivity index (χ1) is 9.61. The smallest absolute Gasteiger partial charge is 0.224 e. The van der Waals surface area contributed by atoms with Crippen molar-refractivity contribution in [3.05, 3.63) is 28.0 Å². The number of nitrogens with two attached hydrogens (primary N) is 1. The SMILES string of the molecule is N[C@H]1CC[C@@H](Oc2nc(Cl)cc3ncc(Br)cc23)CC1. The van der Waals surface area contributed by atoms with Crippen LogP contribution < -0.4 is 10.5 Å². The van der Waals surface area contributed by atoms with Crippen LogP contribution in [-0.2, 0) is 0 Å². The molecule has 2 aromatic rings. The highest BCUT2D eigenvalue weighted by molar-refractivity contribution is 9.10. The van der Waals surface area contributed by atoms with Crippen LogP contribution in [0.4, 0.5) is 0 Å². The fourth-order valence-corrected chi connectivity index (χ4v) is 3.00. The van der Waals surface area contributed by atoms with Crippen molar-refractivity contribution in [3.63, 3.8) is 0 Å². The Bertz CT molecular complexity index is 629. The highest BCUT2D eigenvalue weighted by Crippen LogP contribution is 2.30. The van der Waals surface area contributed by atoms with E-state index in [4.69, 9.17) is 22.1 Å². The molecule has 1 aliphatic rings. The number of aromatic nitrogens is 2. The summed E-state index contributed by atoms with van der Waals surface area (Å²) in [5.41, 5.74) is 6.70. The van der Waals surface area contributed by atoms with Gasteiger partial charge in [0.1, 0.15) is 11.3 Å². The minimum atomic E-state index is 0.156. The number of pyridine rings is 2. The highest BCUT2D eigenvalue weighted by atomic mass is 79.9. The van der Waals surface area contributed by atoms with Gasteiger partial charge in [-0.25, -0.2) is 4.98 Å². The molecule has 1 saturated carbocycles. The Hall–Kier alpha value is -0.910. The van der Waals surface area contributed by atoms with E-state index in [9.17, 15) is 0 Å². The van der Waals surface area contributed by atoms with E-state index < -0.39 is 0 Å². The molecule has 0 unspecified atom stereocenters. The van der Waals surface area contributed by atoms with Gasteiger partial charge in [-0.15, -0.1) is 0 Å². The zero-order chi connectivity index (χ0) is 14.1. The first kappa shape index (κ1) is 14.0. The van der Waals surface area contributed by atoms with Crippen LogP contribution in [0.3, 0.4) is 0 Å².